The van der Waals surface area contributed by atoms with Crippen molar-refractivity contribution in [2.24, 2.45) is 0 Å². The lowest BCUT2D eigenvalue weighted by Gasteiger charge is -2.13. The number of halogens is 4. The molecule has 9 heteroatoms. The predicted octanol–water partition coefficient (Wildman–Crippen LogP) is 3.77. The lowest BCUT2D eigenvalue weighted by atomic mass is 10.1. The van der Waals surface area contributed by atoms with Gasteiger partial charge in [-0.1, -0.05) is 28.1 Å². The van der Waals surface area contributed by atoms with Crippen molar-refractivity contribution in [3.8, 4) is 0 Å². The van der Waals surface area contributed by atoms with Gasteiger partial charge in [-0.15, -0.1) is 0 Å². The quantitative estimate of drug-likeness (QED) is 0.699. The molecular weight excluding hydrogens is 441 g/mol. The minimum absolute atomic E-state index is 0.0477. The number of carbonyl (C=O) groups excluding carboxylic acids is 3. The molecular formula is C19H14BrF3N2O3. The summed E-state index contributed by atoms with van der Waals surface area (Å²) in [5.74, 6) is -1.34. The third-order valence-corrected chi connectivity index (χ3v) is 4.76. The number of rotatable bonds is 5. The second kappa shape index (κ2) is 7.75. The van der Waals surface area contributed by atoms with E-state index in [-0.39, 0.29) is 25.1 Å². The molecule has 0 saturated heterocycles. The third-order valence-electron chi connectivity index (χ3n) is 4.27. The number of benzene rings is 2. The molecule has 0 aliphatic carbocycles. The van der Waals surface area contributed by atoms with Gasteiger partial charge in [0.1, 0.15) is 0 Å². The fraction of sp³-hybridized carbons (Fsp3) is 0.211. The Hall–Kier alpha value is -2.68. The Morgan fingerprint density at radius 2 is 1.64 bits per heavy atom. The second-order valence-electron chi connectivity index (χ2n) is 6.17. The molecule has 3 amide bonds. The van der Waals surface area contributed by atoms with Crippen LogP contribution in [0.2, 0.25) is 0 Å². The second-order valence-corrected chi connectivity index (χ2v) is 7.09. The number of nitrogens with zero attached hydrogens (tertiary/aromatic N) is 1. The van der Waals surface area contributed by atoms with Crippen molar-refractivity contribution in [2.45, 2.75) is 19.1 Å². The predicted molar refractivity (Wildman–Crippen MR) is 97.4 cm³/mol. The normalized spacial score (nSPS) is 13.6. The van der Waals surface area contributed by atoms with E-state index in [0.717, 1.165) is 17.0 Å². The molecule has 1 heterocycles. The van der Waals surface area contributed by atoms with Crippen LogP contribution in [0.5, 0.6) is 0 Å². The van der Waals surface area contributed by atoms with Gasteiger partial charge >= 0.3 is 6.18 Å². The van der Waals surface area contributed by atoms with Gasteiger partial charge in [-0.3, -0.25) is 19.3 Å². The monoisotopic (exact) mass is 454 g/mol. The van der Waals surface area contributed by atoms with E-state index in [2.05, 4.69) is 21.2 Å². The van der Waals surface area contributed by atoms with Crippen LogP contribution in [0, 0.1) is 0 Å². The summed E-state index contributed by atoms with van der Waals surface area (Å²) in [4.78, 5) is 37.6. The molecule has 0 bridgehead atoms. The Bertz CT molecular complexity index is 942. The Kier molecular flexibility index (Phi) is 5.55. The highest BCUT2D eigenvalue weighted by Gasteiger charge is 2.35. The van der Waals surface area contributed by atoms with E-state index in [1.165, 1.54) is 12.1 Å². The van der Waals surface area contributed by atoms with Gasteiger partial charge in [0.15, 0.2) is 0 Å². The Labute approximate surface area is 166 Å². The van der Waals surface area contributed by atoms with Crippen molar-refractivity contribution < 1.29 is 27.6 Å². The Balaban J connectivity index is 1.52. The molecule has 0 fully saturated rings. The van der Waals surface area contributed by atoms with Gasteiger partial charge in [-0.25, -0.2) is 0 Å². The van der Waals surface area contributed by atoms with Crippen molar-refractivity contribution in [2.75, 3.05) is 6.54 Å². The average molecular weight is 455 g/mol. The van der Waals surface area contributed by atoms with Crippen molar-refractivity contribution in [1.29, 1.82) is 0 Å². The first-order valence-electron chi connectivity index (χ1n) is 8.25. The van der Waals surface area contributed by atoms with Gasteiger partial charge in [0, 0.05) is 24.0 Å². The zero-order chi connectivity index (χ0) is 20.5. The molecule has 0 saturated carbocycles. The van der Waals surface area contributed by atoms with E-state index in [4.69, 9.17) is 0 Å². The van der Waals surface area contributed by atoms with Crippen molar-refractivity contribution in [1.82, 2.24) is 10.2 Å². The zero-order valence-electron chi connectivity index (χ0n) is 14.3. The van der Waals surface area contributed by atoms with Gasteiger partial charge in [0.05, 0.1) is 16.7 Å². The van der Waals surface area contributed by atoms with Crippen LogP contribution in [0.25, 0.3) is 0 Å². The maximum atomic E-state index is 12.5. The van der Waals surface area contributed by atoms with Crippen LogP contribution in [0.3, 0.4) is 0 Å². The summed E-state index contributed by atoms with van der Waals surface area (Å²) in [6, 6.07) is 9.21. The maximum absolute atomic E-state index is 12.5. The molecule has 28 heavy (non-hydrogen) atoms. The molecule has 3 rings (SSSR count). The SMILES string of the molecule is O=C(CCN1C(=O)c2ccc(Br)cc2C1=O)NCc1ccc(C(F)(F)F)cc1. The summed E-state index contributed by atoms with van der Waals surface area (Å²) in [7, 11) is 0. The summed E-state index contributed by atoms with van der Waals surface area (Å²) in [5.41, 5.74) is 0.315. The van der Waals surface area contributed by atoms with Gasteiger partial charge in [0.2, 0.25) is 5.91 Å². The molecule has 0 atom stereocenters. The first kappa shape index (κ1) is 20.1. The van der Waals surface area contributed by atoms with Crippen molar-refractivity contribution >= 4 is 33.7 Å². The third kappa shape index (κ3) is 4.24. The summed E-state index contributed by atoms with van der Waals surface area (Å²) in [6.45, 7) is -0.0329. The van der Waals surface area contributed by atoms with E-state index in [9.17, 15) is 27.6 Å². The van der Waals surface area contributed by atoms with E-state index in [0.29, 0.717) is 15.6 Å². The number of carbonyl (C=O) groups is 3. The largest absolute Gasteiger partial charge is 0.416 e. The smallest absolute Gasteiger partial charge is 0.352 e. The number of nitrogens with one attached hydrogen (secondary N) is 1. The van der Waals surface area contributed by atoms with E-state index >= 15 is 0 Å². The highest BCUT2D eigenvalue weighted by Crippen LogP contribution is 2.29. The fourth-order valence-electron chi connectivity index (χ4n) is 2.78. The standard InChI is InChI=1S/C19H14BrF3N2O3/c20-13-5-6-14-15(9-13)18(28)25(17(14)27)8-7-16(26)24-10-11-1-3-12(4-2-11)19(21,22)23/h1-6,9H,7-8,10H2,(H,24,26). The molecule has 0 radical (unpaired) electrons. The van der Waals surface area contributed by atoms with Gasteiger partial charge < -0.3 is 5.32 Å². The summed E-state index contributed by atoms with van der Waals surface area (Å²) < 4.78 is 38.3. The van der Waals surface area contributed by atoms with Crippen LogP contribution in [0.4, 0.5) is 13.2 Å². The van der Waals surface area contributed by atoms with E-state index < -0.39 is 29.5 Å². The van der Waals surface area contributed by atoms with Crippen LogP contribution in [0.15, 0.2) is 46.9 Å². The van der Waals surface area contributed by atoms with Crippen LogP contribution < -0.4 is 5.32 Å². The number of amides is 3. The zero-order valence-corrected chi connectivity index (χ0v) is 15.9. The number of alkyl halides is 3. The highest BCUT2D eigenvalue weighted by atomic mass is 79.9. The number of hydrogen-bond acceptors (Lipinski definition) is 3. The molecule has 2 aromatic rings. The molecule has 0 spiro atoms. The molecule has 5 nitrogen and oxygen atoms in total. The lowest BCUT2D eigenvalue weighted by molar-refractivity contribution is -0.137. The molecule has 146 valence electrons. The van der Waals surface area contributed by atoms with Crippen LogP contribution in [0.1, 0.15) is 38.3 Å². The minimum atomic E-state index is -4.41. The topological polar surface area (TPSA) is 66.5 Å². The first-order chi connectivity index (χ1) is 13.2. The van der Waals surface area contributed by atoms with E-state index in [1.54, 1.807) is 18.2 Å². The molecule has 1 aliphatic heterocycles. The summed E-state index contributed by atoms with van der Waals surface area (Å²) >= 11 is 3.24. The molecule has 1 aliphatic rings. The molecule has 0 aromatic heterocycles. The average Bonchev–Trinajstić information content (AvgIpc) is 2.88. The van der Waals surface area contributed by atoms with Crippen LogP contribution >= 0.6 is 15.9 Å². The number of hydrogen-bond donors (Lipinski definition) is 1. The summed E-state index contributed by atoms with van der Waals surface area (Å²) in [5, 5.41) is 2.56. The number of imide groups is 1. The van der Waals surface area contributed by atoms with Crippen molar-refractivity contribution in [3.05, 3.63) is 69.2 Å². The maximum Gasteiger partial charge on any atom is 0.416 e. The fourth-order valence-corrected chi connectivity index (χ4v) is 3.14. The molecule has 0 unspecified atom stereocenters. The Morgan fingerprint density at radius 3 is 2.29 bits per heavy atom. The van der Waals surface area contributed by atoms with Crippen molar-refractivity contribution in [3.63, 3.8) is 0 Å². The van der Waals surface area contributed by atoms with Crippen LogP contribution in [-0.4, -0.2) is 29.2 Å². The van der Waals surface area contributed by atoms with E-state index in [1.807, 2.05) is 0 Å². The minimum Gasteiger partial charge on any atom is -0.352 e. The highest BCUT2D eigenvalue weighted by molar-refractivity contribution is 9.10. The summed E-state index contributed by atoms with van der Waals surface area (Å²) in [6.07, 6.45) is -4.52. The van der Waals surface area contributed by atoms with Gasteiger partial charge in [-0.05, 0) is 35.9 Å². The van der Waals surface area contributed by atoms with Gasteiger partial charge in [-0.2, -0.15) is 13.2 Å². The molecule has 1 N–H and O–H groups in total. The Morgan fingerprint density at radius 1 is 1.00 bits per heavy atom. The molecule has 2 aromatic carbocycles. The van der Waals surface area contributed by atoms with Crippen LogP contribution in [-0.2, 0) is 17.5 Å². The lowest BCUT2D eigenvalue weighted by Crippen LogP contribution is -2.34. The first-order valence-corrected chi connectivity index (χ1v) is 9.04. The number of fused-ring (bicyclic) bond motifs is 1. The van der Waals surface area contributed by atoms with Gasteiger partial charge in [0.25, 0.3) is 11.8 Å².